The summed E-state index contributed by atoms with van der Waals surface area (Å²) < 4.78 is 7.43. The molecule has 4 aromatic heterocycles. The van der Waals surface area contributed by atoms with E-state index in [0.29, 0.717) is 5.82 Å². The van der Waals surface area contributed by atoms with Crippen LogP contribution in [-0.4, -0.2) is 23.7 Å². The maximum atomic E-state index is 5.34. The van der Waals surface area contributed by atoms with Crippen molar-refractivity contribution in [2.24, 2.45) is 0 Å². The van der Waals surface area contributed by atoms with Crippen molar-refractivity contribution < 1.29 is 0 Å². The minimum atomic E-state index is -0.126. The molecule has 91 heavy (non-hydrogen) atoms. The number of fused-ring (bicyclic) bond motifs is 16. The van der Waals surface area contributed by atoms with Gasteiger partial charge in [0.05, 0.1) is 44.3 Å². The number of aromatic nitrogens is 5. The minimum Gasteiger partial charge on any atom is -0.309 e. The van der Waals surface area contributed by atoms with Crippen LogP contribution in [0.1, 0.15) is 49.9 Å². The summed E-state index contributed by atoms with van der Waals surface area (Å²) in [5.41, 5.74) is 29.4. The highest BCUT2D eigenvalue weighted by molar-refractivity contribution is 6.15. The van der Waals surface area contributed by atoms with Crippen molar-refractivity contribution >= 4 is 76.3 Å². The molecule has 0 spiro atoms. The molecule has 0 unspecified atom stereocenters. The quantitative estimate of drug-likeness (QED) is 0.160. The highest BCUT2D eigenvalue weighted by atomic mass is 15.0. The van der Waals surface area contributed by atoms with Crippen molar-refractivity contribution in [2.75, 3.05) is 0 Å². The molecule has 0 saturated carbocycles. The van der Waals surface area contributed by atoms with E-state index in [2.05, 4.69) is 308 Å². The smallest absolute Gasteiger partial charge is 0.160 e. The second-order valence-electron chi connectivity index (χ2n) is 26.1. The highest BCUT2D eigenvalue weighted by Gasteiger charge is 2.37. The summed E-state index contributed by atoms with van der Waals surface area (Å²) in [5.74, 6) is 0.707. The monoisotopic (exact) mass is 1160 g/mol. The molecule has 2 aliphatic rings. The Bertz CT molecular complexity index is 5680. The first-order valence-electron chi connectivity index (χ1n) is 31.7. The van der Waals surface area contributed by atoms with Crippen molar-refractivity contribution in [1.29, 1.82) is 0 Å². The van der Waals surface area contributed by atoms with Gasteiger partial charge in [0, 0.05) is 76.7 Å². The van der Waals surface area contributed by atoms with Crippen LogP contribution in [0.15, 0.2) is 285 Å². The van der Waals surface area contributed by atoms with Crippen molar-refractivity contribution in [1.82, 2.24) is 23.7 Å². The van der Waals surface area contributed by atoms with Crippen LogP contribution in [0.3, 0.4) is 0 Å². The standard InChI is InChI=1S/C86H59N5/c1-85(2)72-28-13-8-23-61(72)63-41-37-59(50-74(63)85)90-77-31-16-11-25-65(77)67-39-33-55(48-81(67)90)53-35-43-79-70(46-53)71-47-54(36-44-80(71)89(79)58-22-18-21-57(45-58)83-69-27-10-15-30-76(69)87-84(88-83)52-19-6-5-7-20-52)56-34-40-68-66-26-12-17-32-78(66)91(82(68)49-56)60-38-42-64-62-24-9-14-29-73(62)86(3,4)75(64)51-60/h5-51H,1-4H3. The van der Waals surface area contributed by atoms with Crippen molar-refractivity contribution in [3.8, 4) is 84.2 Å². The van der Waals surface area contributed by atoms with Crippen LogP contribution < -0.4 is 0 Å². The van der Waals surface area contributed by atoms with Gasteiger partial charge in [-0.1, -0.05) is 222 Å². The molecular weight excluding hydrogens is 1100 g/mol. The van der Waals surface area contributed by atoms with E-state index in [9.17, 15) is 0 Å². The molecule has 0 aliphatic heterocycles. The Morgan fingerprint density at radius 1 is 0.242 bits per heavy atom. The molecule has 5 heteroatoms. The van der Waals surface area contributed by atoms with Gasteiger partial charge >= 0.3 is 0 Å². The van der Waals surface area contributed by atoms with Gasteiger partial charge in [-0.15, -0.1) is 0 Å². The van der Waals surface area contributed by atoms with Crippen LogP contribution in [-0.2, 0) is 10.8 Å². The molecule has 0 atom stereocenters. The Kier molecular flexibility index (Phi) is 10.8. The van der Waals surface area contributed by atoms with Crippen molar-refractivity contribution in [3.63, 3.8) is 0 Å². The number of hydrogen-bond donors (Lipinski definition) is 0. The van der Waals surface area contributed by atoms with Gasteiger partial charge in [-0.2, -0.15) is 0 Å². The van der Waals surface area contributed by atoms with E-state index in [1.54, 1.807) is 0 Å². The topological polar surface area (TPSA) is 40.6 Å². The van der Waals surface area contributed by atoms with Crippen LogP contribution >= 0.6 is 0 Å². The lowest BCUT2D eigenvalue weighted by atomic mass is 9.82. The lowest BCUT2D eigenvalue weighted by Gasteiger charge is -2.22. The summed E-state index contributed by atoms with van der Waals surface area (Å²) in [6.07, 6.45) is 0. The van der Waals surface area contributed by atoms with Gasteiger partial charge in [0.2, 0.25) is 0 Å². The van der Waals surface area contributed by atoms with Crippen LogP contribution in [0.5, 0.6) is 0 Å². The molecule has 5 nitrogen and oxygen atoms in total. The van der Waals surface area contributed by atoms with Crippen LogP contribution in [0, 0.1) is 0 Å². The van der Waals surface area contributed by atoms with Gasteiger partial charge in [-0.05, 0) is 158 Å². The summed E-state index contributed by atoms with van der Waals surface area (Å²) in [7, 11) is 0. The molecule has 0 fully saturated rings. The van der Waals surface area contributed by atoms with E-state index in [0.717, 1.165) is 66.7 Å². The number of nitrogens with zero attached hydrogens (tertiary/aromatic N) is 5. The van der Waals surface area contributed by atoms with Gasteiger partial charge in [-0.25, -0.2) is 9.97 Å². The lowest BCUT2D eigenvalue weighted by molar-refractivity contribution is 0.660. The van der Waals surface area contributed by atoms with E-state index >= 15 is 0 Å². The van der Waals surface area contributed by atoms with E-state index in [1.807, 2.05) is 18.2 Å². The number of hydrogen-bond acceptors (Lipinski definition) is 2. The molecule has 4 heterocycles. The average Bonchev–Trinajstić information content (AvgIpc) is 1.60. The Morgan fingerprint density at radius 2 is 0.659 bits per heavy atom. The zero-order valence-electron chi connectivity index (χ0n) is 50.9. The minimum absolute atomic E-state index is 0.126. The Balaban J connectivity index is 0.800. The van der Waals surface area contributed by atoms with Gasteiger partial charge in [-0.3, -0.25) is 0 Å². The second-order valence-corrected chi connectivity index (χ2v) is 26.1. The van der Waals surface area contributed by atoms with E-state index < -0.39 is 0 Å². The Labute approximate surface area is 527 Å². The SMILES string of the molecule is CC1(C)c2ccccc2-c2ccc(-n3c4ccccc4c4ccc(-c5ccc6c(c5)c5cc(-c7ccc8c9ccccc9n(-c9ccc%10c(c9)C(C)(C)c9ccccc9-%10)c8c7)ccc5n6-c5cccc(-c6nc(-c7ccccc7)nc7ccccc67)c5)cc43)cc21. The predicted molar refractivity (Wildman–Crippen MR) is 379 cm³/mol. The molecule has 0 radical (unpaired) electrons. The summed E-state index contributed by atoms with van der Waals surface area (Å²) in [6, 6.07) is 106. The highest BCUT2D eigenvalue weighted by Crippen LogP contribution is 2.52. The first-order chi connectivity index (χ1) is 44.6. The molecular formula is C86H59N5. The van der Waals surface area contributed by atoms with Crippen LogP contribution in [0.2, 0.25) is 0 Å². The summed E-state index contributed by atoms with van der Waals surface area (Å²) in [4.78, 5) is 10.4. The first kappa shape index (κ1) is 51.6. The molecule has 0 amide bonds. The average molecular weight is 1160 g/mol. The fraction of sp³-hybridized carbons (Fsp3) is 0.0698. The molecule has 0 bridgehead atoms. The predicted octanol–water partition coefficient (Wildman–Crippen LogP) is 22.2. The van der Waals surface area contributed by atoms with Crippen molar-refractivity contribution in [3.05, 3.63) is 307 Å². The van der Waals surface area contributed by atoms with E-state index in [-0.39, 0.29) is 10.8 Å². The van der Waals surface area contributed by atoms with Gasteiger partial charge in [0.25, 0.3) is 0 Å². The maximum Gasteiger partial charge on any atom is 0.160 e. The van der Waals surface area contributed by atoms with Gasteiger partial charge in [0.1, 0.15) is 0 Å². The van der Waals surface area contributed by atoms with Crippen LogP contribution in [0.4, 0.5) is 0 Å². The third-order valence-corrected chi connectivity index (χ3v) is 20.4. The molecule has 0 N–H and O–H groups in total. The molecule has 2 aliphatic carbocycles. The lowest BCUT2D eigenvalue weighted by Crippen LogP contribution is -2.15. The molecule has 13 aromatic carbocycles. The molecule has 0 saturated heterocycles. The number of rotatable bonds is 7. The van der Waals surface area contributed by atoms with Gasteiger partial charge < -0.3 is 13.7 Å². The zero-order chi connectivity index (χ0) is 60.4. The van der Waals surface area contributed by atoms with Crippen LogP contribution in [0.25, 0.3) is 161 Å². The van der Waals surface area contributed by atoms with E-state index in [4.69, 9.17) is 9.97 Å². The maximum absolute atomic E-state index is 5.34. The summed E-state index contributed by atoms with van der Waals surface area (Å²) in [6.45, 7) is 9.48. The third kappa shape index (κ3) is 7.52. The number of para-hydroxylation sites is 3. The first-order valence-corrected chi connectivity index (χ1v) is 31.7. The summed E-state index contributed by atoms with van der Waals surface area (Å²) >= 11 is 0. The van der Waals surface area contributed by atoms with Crippen molar-refractivity contribution in [2.45, 2.75) is 38.5 Å². The molecule has 428 valence electrons. The van der Waals surface area contributed by atoms with E-state index in [1.165, 1.54) is 110 Å². The fourth-order valence-electron chi connectivity index (χ4n) is 16.0. The molecule has 17 aromatic rings. The Morgan fingerprint density at radius 3 is 1.23 bits per heavy atom. The summed E-state index contributed by atoms with van der Waals surface area (Å²) in [5, 5.41) is 8.32. The second kappa shape index (κ2) is 19.1. The zero-order valence-corrected chi connectivity index (χ0v) is 50.9. The number of benzene rings is 13. The normalized spacial score (nSPS) is 13.7. The molecule has 19 rings (SSSR count). The third-order valence-electron chi connectivity index (χ3n) is 20.4. The fourth-order valence-corrected chi connectivity index (χ4v) is 16.0. The largest absolute Gasteiger partial charge is 0.309 e. The Hall–Kier alpha value is -11.4. The van der Waals surface area contributed by atoms with Gasteiger partial charge in [0.15, 0.2) is 5.82 Å².